The quantitative estimate of drug-likeness (QED) is 0.627. The van der Waals surface area contributed by atoms with Crippen LogP contribution in [-0.4, -0.2) is 26.0 Å². The molecule has 2 aromatic carbocycles. The van der Waals surface area contributed by atoms with Gasteiger partial charge in [0.2, 0.25) is 10.0 Å². The Hall–Kier alpha value is -2.38. The first-order valence-electron chi connectivity index (χ1n) is 11.1. The van der Waals surface area contributed by atoms with Crippen LogP contribution in [0.4, 0.5) is 0 Å². The van der Waals surface area contributed by atoms with E-state index in [-0.39, 0.29) is 22.7 Å². The maximum absolute atomic E-state index is 13.1. The van der Waals surface area contributed by atoms with Gasteiger partial charge in [-0.2, -0.15) is 0 Å². The van der Waals surface area contributed by atoms with Crippen LogP contribution in [0.25, 0.3) is 0 Å². The smallest absolute Gasteiger partial charge is 0.311 e. The first kappa shape index (κ1) is 22.8. The van der Waals surface area contributed by atoms with E-state index in [9.17, 15) is 13.2 Å². The molecule has 0 saturated heterocycles. The van der Waals surface area contributed by atoms with Gasteiger partial charge in [0, 0.05) is 6.04 Å². The van der Waals surface area contributed by atoms with Crippen molar-refractivity contribution in [3.8, 4) is 5.75 Å². The molecule has 2 fully saturated rings. The molecule has 7 heteroatoms. The maximum atomic E-state index is 13.1. The zero-order chi connectivity index (χ0) is 22.9. The number of hydrogen-bond acceptors (Lipinski definition) is 5. The van der Waals surface area contributed by atoms with Crippen molar-refractivity contribution in [1.29, 1.82) is 0 Å². The van der Waals surface area contributed by atoms with E-state index in [1.165, 1.54) is 0 Å². The predicted octanol–water partition coefficient (Wildman–Crippen LogP) is 4.30. The number of rotatable bonds is 7. The summed E-state index contributed by atoms with van der Waals surface area (Å²) in [7, 11) is -3.77. The second-order valence-corrected chi connectivity index (χ2v) is 11.5. The summed E-state index contributed by atoms with van der Waals surface area (Å²) in [4.78, 5) is 13.0. The minimum atomic E-state index is -3.77. The monoisotopic (exact) mass is 457 g/mol. The van der Waals surface area contributed by atoms with E-state index >= 15 is 0 Å². The fourth-order valence-electron chi connectivity index (χ4n) is 4.87. The average molecular weight is 458 g/mol. The molecule has 0 spiro atoms. The van der Waals surface area contributed by atoms with Gasteiger partial charge in [-0.15, -0.1) is 0 Å². The van der Waals surface area contributed by atoms with Crippen LogP contribution in [0.2, 0.25) is 0 Å². The minimum absolute atomic E-state index is 0.162. The molecule has 0 aromatic heterocycles. The van der Waals surface area contributed by atoms with E-state index in [2.05, 4.69) is 4.72 Å². The van der Waals surface area contributed by atoms with Gasteiger partial charge in [-0.25, -0.2) is 13.1 Å². The van der Waals surface area contributed by atoms with Crippen molar-refractivity contribution in [2.75, 3.05) is 0 Å². The fourth-order valence-corrected chi connectivity index (χ4v) is 6.20. The molecule has 2 saturated carbocycles. The van der Waals surface area contributed by atoms with Crippen molar-refractivity contribution in [3.05, 3.63) is 60.2 Å². The van der Waals surface area contributed by atoms with Crippen molar-refractivity contribution < 1.29 is 22.7 Å². The summed E-state index contributed by atoms with van der Waals surface area (Å²) in [6.07, 6.45) is 2.74. The number of ether oxygens (including phenoxy) is 2. The molecule has 172 valence electrons. The van der Waals surface area contributed by atoms with Crippen LogP contribution >= 0.6 is 0 Å². The van der Waals surface area contributed by atoms with E-state index in [0.717, 1.165) is 24.8 Å². The van der Waals surface area contributed by atoms with Gasteiger partial charge in [0.15, 0.2) is 0 Å². The lowest BCUT2D eigenvalue weighted by atomic mass is 9.85. The van der Waals surface area contributed by atoms with Gasteiger partial charge in [-0.1, -0.05) is 30.3 Å². The summed E-state index contributed by atoms with van der Waals surface area (Å²) in [5.41, 5.74) is 0.438. The summed E-state index contributed by atoms with van der Waals surface area (Å²) >= 11 is 0. The normalized spacial score (nSPS) is 25.0. The van der Waals surface area contributed by atoms with Gasteiger partial charge in [-0.3, -0.25) is 4.79 Å². The summed E-state index contributed by atoms with van der Waals surface area (Å²) in [6, 6.07) is 15.7. The number of benzene rings is 2. The van der Waals surface area contributed by atoms with Crippen molar-refractivity contribution in [1.82, 2.24) is 4.72 Å². The Labute approximate surface area is 190 Å². The van der Waals surface area contributed by atoms with Gasteiger partial charge < -0.3 is 9.47 Å². The fraction of sp³-hybridized carbons (Fsp3) is 0.480. The lowest BCUT2D eigenvalue weighted by molar-refractivity contribution is -0.162. The van der Waals surface area contributed by atoms with Gasteiger partial charge in [0.25, 0.3) is 0 Å². The van der Waals surface area contributed by atoms with Crippen LogP contribution in [0.5, 0.6) is 5.75 Å². The average Bonchev–Trinajstić information content (AvgIpc) is 3.33. The molecule has 1 N–H and O–H groups in total. The minimum Gasteiger partial charge on any atom is -0.489 e. The van der Waals surface area contributed by atoms with Gasteiger partial charge in [0.05, 0.1) is 10.8 Å². The largest absolute Gasteiger partial charge is 0.489 e. The molecule has 2 aromatic rings. The highest BCUT2D eigenvalue weighted by Gasteiger charge is 2.53. The summed E-state index contributed by atoms with van der Waals surface area (Å²) in [6.45, 7) is 5.91. The van der Waals surface area contributed by atoms with Crippen molar-refractivity contribution in [2.24, 2.45) is 17.8 Å². The molecule has 6 nitrogen and oxygen atoms in total. The lowest BCUT2D eigenvalue weighted by Gasteiger charge is -2.32. The Morgan fingerprint density at radius 3 is 2.31 bits per heavy atom. The highest BCUT2D eigenvalue weighted by molar-refractivity contribution is 7.89. The van der Waals surface area contributed by atoms with Crippen LogP contribution < -0.4 is 9.46 Å². The van der Waals surface area contributed by atoms with Crippen LogP contribution in [0.3, 0.4) is 0 Å². The molecule has 2 bridgehead atoms. The van der Waals surface area contributed by atoms with Crippen LogP contribution in [0, 0.1) is 17.8 Å². The molecule has 2 aliphatic rings. The SMILES string of the molecule is CC(C)(C)OC(=O)C1C2CCC(C2)C1NS(=O)(=O)c1ccc(OCc2ccccc2)cc1. The van der Waals surface area contributed by atoms with Gasteiger partial charge >= 0.3 is 5.97 Å². The van der Waals surface area contributed by atoms with Crippen LogP contribution in [0.1, 0.15) is 45.6 Å². The molecule has 0 amide bonds. The number of hydrogen-bond donors (Lipinski definition) is 1. The molecular weight excluding hydrogens is 426 g/mol. The van der Waals surface area contributed by atoms with Crippen molar-refractivity contribution >= 4 is 16.0 Å². The number of carbonyl (C=O) groups excluding carboxylic acids is 1. The second kappa shape index (κ2) is 8.87. The zero-order valence-electron chi connectivity index (χ0n) is 18.8. The van der Waals surface area contributed by atoms with Gasteiger partial charge in [-0.05, 0) is 81.7 Å². The van der Waals surface area contributed by atoms with E-state index < -0.39 is 27.6 Å². The molecule has 2 aliphatic carbocycles. The highest BCUT2D eigenvalue weighted by Crippen LogP contribution is 2.49. The predicted molar refractivity (Wildman–Crippen MR) is 121 cm³/mol. The van der Waals surface area contributed by atoms with Crippen molar-refractivity contribution in [3.63, 3.8) is 0 Å². The third-order valence-electron chi connectivity index (χ3n) is 6.27. The van der Waals surface area contributed by atoms with E-state index in [0.29, 0.717) is 12.4 Å². The topological polar surface area (TPSA) is 81.7 Å². The van der Waals surface area contributed by atoms with Crippen molar-refractivity contribution in [2.45, 2.75) is 63.2 Å². The Bertz CT molecular complexity index is 1040. The summed E-state index contributed by atoms with van der Waals surface area (Å²) in [5, 5.41) is 0. The third-order valence-corrected chi connectivity index (χ3v) is 7.74. The number of sulfonamides is 1. The summed E-state index contributed by atoms with van der Waals surface area (Å²) in [5.74, 6) is 0.203. The second-order valence-electron chi connectivity index (χ2n) is 9.79. The maximum Gasteiger partial charge on any atom is 0.311 e. The number of carbonyl (C=O) groups is 1. The zero-order valence-corrected chi connectivity index (χ0v) is 19.6. The number of esters is 1. The van der Waals surface area contributed by atoms with E-state index in [4.69, 9.17) is 9.47 Å². The Morgan fingerprint density at radius 1 is 1.00 bits per heavy atom. The van der Waals surface area contributed by atoms with Gasteiger partial charge in [0.1, 0.15) is 18.0 Å². The molecule has 32 heavy (non-hydrogen) atoms. The Morgan fingerprint density at radius 2 is 1.66 bits per heavy atom. The first-order chi connectivity index (χ1) is 15.1. The molecule has 0 heterocycles. The Balaban J connectivity index is 1.44. The standard InChI is InChI=1S/C25H31NO5S/c1-25(2,3)31-24(27)22-18-9-10-19(15-18)23(22)26-32(28,29)21-13-11-20(12-14-21)30-16-17-7-5-4-6-8-17/h4-8,11-14,18-19,22-23,26H,9-10,15-16H2,1-3H3. The molecule has 4 rings (SSSR count). The van der Waals surface area contributed by atoms with Crippen LogP contribution in [-0.2, 0) is 26.2 Å². The molecule has 4 atom stereocenters. The Kier molecular flexibility index (Phi) is 6.32. The molecular formula is C25H31NO5S. The molecule has 0 aliphatic heterocycles. The van der Waals surface area contributed by atoms with E-state index in [1.807, 2.05) is 51.1 Å². The molecule has 0 radical (unpaired) electrons. The van der Waals surface area contributed by atoms with E-state index in [1.54, 1.807) is 24.3 Å². The number of nitrogens with one attached hydrogen (secondary N) is 1. The lowest BCUT2D eigenvalue weighted by Crippen LogP contribution is -2.48. The molecule has 4 unspecified atom stereocenters. The summed E-state index contributed by atoms with van der Waals surface area (Å²) < 4.78 is 40.4. The van der Waals surface area contributed by atoms with Crippen LogP contribution in [0.15, 0.2) is 59.5 Å². The third kappa shape index (κ3) is 5.15. The first-order valence-corrected chi connectivity index (χ1v) is 12.6. The number of fused-ring (bicyclic) bond motifs is 2. The highest BCUT2D eigenvalue weighted by atomic mass is 32.2.